The van der Waals surface area contributed by atoms with Crippen molar-refractivity contribution in [1.82, 2.24) is 4.98 Å². The standard InChI is InChI=1S/C14H18N2O2/c17-14(18)11-5-3-8-15-13(11)16-9-7-10-4-1-2-6-12(10)16/h3,5,8,10,12H,1-2,4,6-7,9H2,(H,17,18). The van der Waals surface area contributed by atoms with E-state index < -0.39 is 5.97 Å². The van der Waals surface area contributed by atoms with Crippen LogP contribution < -0.4 is 4.90 Å². The van der Waals surface area contributed by atoms with Crippen molar-refractivity contribution in [3.8, 4) is 0 Å². The Labute approximate surface area is 107 Å². The van der Waals surface area contributed by atoms with E-state index in [1.807, 2.05) is 0 Å². The summed E-state index contributed by atoms with van der Waals surface area (Å²) in [5.41, 5.74) is 0.337. The summed E-state index contributed by atoms with van der Waals surface area (Å²) in [5.74, 6) is 0.527. The van der Waals surface area contributed by atoms with Gasteiger partial charge in [-0.05, 0) is 37.3 Å². The summed E-state index contributed by atoms with van der Waals surface area (Å²) in [6.45, 7) is 0.951. The molecule has 1 saturated heterocycles. The van der Waals surface area contributed by atoms with Gasteiger partial charge in [0.2, 0.25) is 0 Å². The largest absolute Gasteiger partial charge is 0.478 e. The van der Waals surface area contributed by atoms with Gasteiger partial charge in [0.1, 0.15) is 11.4 Å². The lowest BCUT2D eigenvalue weighted by molar-refractivity contribution is 0.0697. The van der Waals surface area contributed by atoms with Crippen molar-refractivity contribution in [3.05, 3.63) is 23.9 Å². The van der Waals surface area contributed by atoms with Crippen LogP contribution in [0.2, 0.25) is 0 Å². The first kappa shape index (κ1) is 11.5. The van der Waals surface area contributed by atoms with Gasteiger partial charge in [0, 0.05) is 18.8 Å². The minimum Gasteiger partial charge on any atom is -0.478 e. The third-order valence-electron chi connectivity index (χ3n) is 4.30. The molecule has 0 radical (unpaired) electrons. The zero-order valence-corrected chi connectivity index (χ0v) is 10.4. The lowest BCUT2D eigenvalue weighted by Crippen LogP contribution is -2.36. The Bertz CT molecular complexity index is 461. The average molecular weight is 246 g/mol. The lowest BCUT2D eigenvalue weighted by atomic mass is 9.85. The summed E-state index contributed by atoms with van der Waals surface area (Å²) in [6.07, 6.45) is 7.92. The van der Waals surface area contributed by atoms with Crippen molar-refractivity contribution in [2.45, 2.75) is 38.1 Å². The van der Waals surface area contributed by atoms with Gasteiger partial charge in [-0.3, -0.25) is 0 Å². The first-order valence-corrected chi connectivity index (χ1v) is 6.72. The van der Waals surface area contributed by atoms with E-state index >= 15 is 0 Å². The summed E-state index contributed by atoms with van der Waals surface area (Å²) < 4.78 is 0. The van der Waals surface area contributed by atoms with Gasteiger partial charge in [-0.25, -0.2) is 9.78 Å². The Morgan fingerprint density at radius 2 is 2.17 bits per heavy atom. The Morgan fingerprint density at radius 1 is 1.33 bits per heavy atom. The Balaban J connectivity index is 1.93. The van der Waals surface area contributed by atoms with Crippen LogP contribution in [0.3, 0.4) is 0 Å². The molecule has 0 spiro atoms. The van der Waals surface area contributed by atoms with Crippen molar-refractivity contribution in [2.75, 3.05) is 11.4 Å². The van der Waals surface area contributed by atoms with Crippen molar-refractivity contribution >= 4 is 11.8 Å². The fourth-order valence-electron chi connectivity index (χ4n) is 3.46. The van der Waals surface area contributed by atoms with E-state index in [0.717, 1.165) is 12.5 Å². The van der Waals surface area contributed by atoms with E-state index in [1.54, 1.807) is 18.3 Å². The molecule has 0 aromatic carbocycles. The highest BCUT2D eigenvalue weighted by atomic mass is 16.4. The number of carboxylic acids is 1. The first-order chi connectivity index (χ1) is 8.77. The van der Waals surface area contributed by atoms with E-state index in [-0.39, 0.29) is 0 Å². The second-order valence-corrected chi connectivity index (χ2v) is 5.27. The number of carbonyl (C=O) groups is 1. The molecule has 2 aliphatic rings. The maximum absolute atomic E-state index is 11.3. The molecule has 2 fully saturated rings. The number of aromatic carboxylic acids is 1. The molecule has 1 aromatic heterocycles. The summed E-state index contributed by atoms with van der Waals surface area (Å²) >= 11 is 0. The Kier molecular flexibility index (Phi) is 2.94. The molecule has 1 saturated carbocycles. The second kappa shape index (κ2) is 4.59. The highest BCUT2D eigenvalue weighted by Gasteiger charge is 2.37. The molecule has 1 aliphatic carbocycles. The molecule has 3 rings (SSSR count). The highest BCUT2D eigenvalue weighted by Crippen LogP contribution is 2.38. The molecule has 18 heavy (non-hydrogen) atoms. The maximum Gasteiger partial charge on any atom is 0.339 e. The minimum absolute atomic E-state index is 0.337. The van der Waals surface area contributed by atoms with Gasteiger partial charge in [-0.2, -0.15) is 0 Å². The quantitative estimate of drug-likeness (QED) is 0.871. The van der Waals surface area contributed by atoms with Crippen LogP contribution >= 0.6 is 0 Å². The van der Waals surface area contributed by atoms with E-state index in [2.05, 4.69) is 9.88 Å². The van der Waals surface area contributed by atoms with Crippen LogP contribution in [0.25, 0.3) is 0 Å². The van der Waals surface area contributed by atoms with Gasteiger partial charge < -0.3 is 10.0 Å². The normalized spacial score (nSPS) is 27.0. The molecule has 2 unspecified atom stereocenters. The Morgan fingerprint density at radius 3 is 3.00 bits per heavy atom. The number of nitrogens with zero attached hydrogens (tertiary/aromatic N) is 2. The van der Waals surface area contributed by atoms with Crippen LogP contribution in [0, 0.1) is 5.92 Å². The van der Waals surface area contributed by atoms with Gasteiger partial charge in [-0.1, -0.05) is 12.8 Å². The number of anilines is 1. The Hall–Kier alpha value is -1.58. The molecule has 96 valence electrons. The predicted octanol–water partition coefficient (Wildman–Crippen LogP) is 2.55. The smallest absolute Gasteiger partial charge is 0.339 e. The van der Waals surface area contributed by atoms with E-state index in [0.29, 0.717) is 17.4 Å². The monoisotopic (exact) mass is 246 g/mol. The van der Waals surface area contributed by atoms with Crippen LogP contribution in [-0.2, 0) is 0 Å². The summed E-state index contributed by atoms with van der Waals surface area (Å²) in [5, 5.41) is 9.26. The third-order valence-corrected chi connectivity index (χ3v) is 4.30. The van der Waals surface area contributed by atoms with E-state index in [9.17, 15) is 9.90 Å². The minimum atomic E-state index is -0.877. The van der Waals surface area contributed by atoms with Crippen molar-refractivity contribution in [2.24, 2.45) is 5.92 Å². The van der Waals surface area contributed by atoms with Gasteiger partial charge in [0.05, 0.1) is 0 Å². The second-order valence-electron chi connectivity index (χ2n) is 5.27. The van der Waals surface area contributed by atoms with Gasteiger partial charge in [0.15, 0.2) is 0 Å². The van der Waals surface area contributed by atoms with Gasteiger partial charge >= 0.3 is 5.97 Å². The zero-order valence-electron chi connectivity index (χ0n) is 10.4. The number of hydrogen-bond acceptors (Lipinski definition) is 3. The van der Waals surface area contributed by atoms with Crippen LogP contribution in [-0.4, -0.2) is 28.6 Å². The predicted molar refractivity (Wildman–Crippen MR) is 68.9 cm³/mol. The van der Waals surface area contributed by atoms with Crippen LogP contribution in [0.4, 0.5) is 5.82 Å². The molecule has 2 heterocycles. The SMILES string of the molecule is O=C(O)c1cccnc1N1CCC2CCCCC21. The molecular weight excluding hydrogens is 228 g/mol. The van der Waals surface area contributed by atoms with E-state index in [1.165, 1.54) is 32.1 Å². The molecule has 0 amide bonds. The number of fused-ring (bicyclic) bond motifs is 1. The molecular formula is C14H18N2O2. The molecule has 4 nitrogen and oxygen atoms in total. The van der Waals surface area contributed by atoms with Crippen LogP contribution in [0.15, 0.2) is 18.3 Å². The number of rotatable bonds is 2. The van der Waals surface area contributed by atoms with Crippen molar-refractivity contribution in [1.29, 1.82) is 0 Å². The first-order valence-electron chi connectivity index (χ1n) is 6.72. The molecule has 1 N–H and O–H groups in total. The zero-order chi connectivity index (χ0) is 12.5. The van der Waals surface area contributed by atoms with Crippen molar-refractivity contribution in [3.63, 3.8) is 0 Å². The van der Waals surface area contributed by atoms with E-state index in [4.69, 9.17) is 0 Å². The molecule has 0 bridgehead atoms. The summed E-state index contributed by atoms with van der Waals surface area (Å²) in [4.78, 5) is 17.8. The molecule has 1 aliphatic heterocycles. The van der Waals surface area contributed by atoms with Crippen molar-refractivity contribution < 1.29 is 9.90 Å². The average Bonchev–Trinajstić information content (AvgIpc) is 2.82. The van der Waals surface area contributed by atoms with Gasteiger partial charge in [0.25, 0.3) is 0 Å². The van der Waals surface area contributed by atoms with Crippen LogP contribution in [0.1, 0.15) is 42.5 Å². The highest BCUT2D eigenvalue weighted by molar-refractivity contribution is 5.93. The number of pyridine rings is 1. The number of aromatic nitrogens is 1. The lowest BCUT2D eigenvalue weighted by Gasteiger charge is -2.32. The fraction of sp³-hybridized carbons (Fsp3) is 0.571. The van der Waals surface area contributed by atoms with Crippen LogP contribution in [0.5, 0.6) is 0 Å². The topological polar surface area (TPSA) is 53.4 Å². The van der Waals surface area contributed by atoms with Gasteiger partial charge in [-0.15, -0.1) is 0 Å². The number of carboxylic acid groups (broad SMARTS) is 1. The molecule has 1 aromatic rings. The summed E-state index contributed by atoms with van der Waals surface area (Å²) in [6, 6.07) is 3.86. The molecule has 4 heteroatoms. The third kappa shape index (κ3) is 1.85. The molecule has 2 atom stereocenters. The maximum atomic E-state index is 11.3. The summed E-state index contributed by atoms with van der Waals surface area (Å²) in [7, 11) is 0. The number of hydrogen-bond donors (Lipinski definition) is 1. The fourth-order valence-corrected chi connectivity index (χ4v) is 3.46.